The Labute approximate surface area is 93.5 Å². The van der Waals surface area contributed by atoms with Crippen LogP contribution in [-0.2, 0) is 4.79 Å². The first kappa shape index (κ1) is 12.0. The molecule has 2 amide bonds. The molecule has 0 aliphatic heterocycles. The molecule has 1 aromatic carbocycles. The van der Waals surface area contributed by atoms with E-state index >= 15 is 0 Å². The van der Waals surface area contributed by atoms with Crippen molar-refractivity contribution in [3.05, 3.63) is 29.3 Å². The summed E-state index contributed by atoms with van der Waals surface area (Å²) >= 11 is 0. The number of hydrogen-bond acceptors (Lipinski definition) is 3. The average molecular weight is 222 g/mol. The Morgan fingerprint density at radius 3 is 2.62 bits per heavy atom. The summed E-state index contributed by atoms with van der Waals surface area (Å²) in [4.78, 5) is 22.4. The highest BCUT2D eigenvalue weighted by atomic mass is 16.3. The lowest BCUT2D eigenvalue weighted by Crippen LogP contribution is -2.35. The minimum absolute atomic E-state index is 0.0885. The molecule has 0 aliphatic rings. The SMILES string of the molecule is CNC(=O)CNC(=O)c1ccc(C)cc1O. The predicted octanol–water partition coefficient (Wildman–Crippen LogP) is 0.176. The number of hydrogen-bond donors (Lipinski definition) is 3. The van der Waals surface area contributed by atoms with Crippen molar-refractivity contribution in [2.75, 3.05) is 13.6 Å². The maximum atomic E-state index is 11.5. The molecule has 1 aromatic rings. The van der Waals surface area contributed by atoms with Gasteiger partial charge in [0.2, 0.25) is 5.91 Å². The average Bonchev–Trinajstić information content (AvgIpc) is 2.25. The van der Waals surface area contributed by atoms with Gasteiger partial charge in [-0.05, 0) is 24.6 Å². The first-order valence-corrected chi connectivity index (χ1v) is 4.83. The van der Waals surface area contributed by atoms with Gasteiger partial charge in [-0.1, -0.05) is 6.07 Å². The molecule has 0 spiro atoms. The van der Waals surface area contributed by atoms with E-state index in [4.69, 9.17) is 0 Å². The van der Waals surface area contributed by atoms with Gasteiger partial charge in [-0.15, -0.1) is 0 Å². The Kier molecular flexibility index (Phi) is 3.88. The van der Waals surface area contributed by atoms with Gasteiger partial charge in [-0.3, -0.25) is 9.59 Å². The molecule has 0 unspecified atom stereocenters. The maximum Gasteiger partial charge on any atom is 0.255 e. The summed E-state index contributed by atoms with van der Waals surface area (Å²) in [6.07, 6.45) is 0. The van der Waals surface area contributed by atoms with E-state index in [0.29, 0.717) is 0 Å². The maximum absolute atomic E-state index is 11.5. The number of amides is 2. The molecule has 5 nitrogen and oxygen atoms in total. The first-order chi connectivity index (χ1) is 7.54. The van der Waals surface area contributed by atoms with Crippen molar-refractivity contribution in [1.29, 1.82) is 0 Å². The van der Waals surface area contributed by atoms with Crippen molar-refractivity contribution < 1.29 is 14.7 Å². The van der Waals surface area contributed by atoms with Crippen LogP contribution >= 0.6 is 0 Å². The van der Waals surface area contributed by atoms with Crippen LogP contribution in [0.15, 0.2) is 18.2 Å². The minimum atomic E-state index is -0.471. The van der Waals surface area contributed by atoms with Crippen LogP contribution < -0.4 is 10.6 Å². The number of rotatable bonds is 3. The predicted molar refractivity (Wildman–Crippen MR) is 59.2 cm³/mol. The second-order valence-corrected chi connectivity index (χ2v) is 3.38. The van der Waals surface area contributed by atoms with E-state index in [1.165, 1.54) is 19.2 Å². The third-order valence-corrected chi connectivity index (χ3v) is 2.09. The monoisotopic (exact) mass is 222 g/mol. The van der Waals surface area contributed by atoms with E-state index in [2.05, 4.69) is 10.6 Å². The molecule has 0 fully saturated rings. The van der Waals surface area contributed by atoms with Crippen molar-refractivity contribution in [3.8, 4) is 5.75 Å². The lowest BCUT2D eigenvalue weighted by atomic mass is 10.1. The molecule has 86 valence electrons. The van der Waals surface area contributed by atoms with Crippen LogP contribution in [0.3, 0.4) is 0 Å². The molecule has 3 N–H and O–H groups in total. The molecule has 0 aromatic heterocycles. The molecule has 0 aliphatic carbocycles. The topological polar surface area (TPSA) is 78.4 Å². The van der Waals surface area contributed by atoms with Crippen LogP contribution in [0.2, 0.25) is 0 Å². The summed E-state index contributed by atoms with van der Waals surface area (Å²) in [6, 6.07) is 4.73. The van der Waals surface area contributed by atoms with Gasteiger partial charge in [0.1, 0.15) is 5.75 Å². The number of aromatic hydroxyl groups is 1. The van der Waals surface area contributed by atoms with Crippen LogP contribution in [0.4, 0.5) is 0 Å². The van der Waals surface area contributed by atoms with Gasteiger partial charge in [-0.2, -0.15) is 0 Å². The molecule has 0 bridgehead atoms. The van der Waals surface area contributed by atoms with Gasteiger partial charge >= 0.3 is 0 Å². The van der Waals surface area contributed by atoms with Crippen LogP contribution in [0, 0.1) is 6.92 Å². The number of phenolic OH excluding ortho intramolecular Hbond substituents is 1. The third-order valence-electron chi connectivity index (χ3n) is 2.09. The zero-order chi connectivity index (χ0) is 12.1. The van der Waals surface area contributed by atoms with Crippen LogP contribution in [0.25, 0.3) is 0 Å². The Bertz CT molecular complexity index is 416. The largest absolute Gasteiger partial charge is 0.507 e. The number of nitrogens with one attached hydrogen (secondary N) is 2. The van der Waals surface area contributed by atoms with Gasteiger partial charge in [0.15, 0.2) is 0 Å². The van der Waals surface area contributed by atoms with Crippen molar-refractivity contribution in [2.45, 2.75) is 6.92 Å². The lowest BCUT2D eigenvalue weighted by Gasteiger charge is -2.06. The number of carbonyl (C=O) groups excluding carboxylic acids is 2. The van der Waals surface area contributed by atoms with Crippen molar-refractivity contribution in [1.82, 2.24) is 10.6 Å². The highest BCUT2D eigenvalue weighted by molar-refractivity contribution is 5.98. The van der Waals surface area contributed by atoms with Crippen LogP contribution in [-0.4, -0.2) is 30.5 Å². The molecule has 16 heavy (non-hydrogen) atoms. The highest BCUT2D eigenvalue weighted by Crippen LogP contribution is 2.17. The number of benzene rings is 1. The number of likely N-dealkylation sites (N-methyl/N-ethyl adjacent to an activating group) is 1. The fourth-order valence-corrected chi connectivity index (χ4v) is 1.18. The van der Waals surface area contributed by atoms with Gasteiger partial charge in [0, 0.05) is 7.05 Å². The zero-order valence-electron chi connectivity index (χ0n) is 9.20. The summed E-state index contributed by atoms with van der Waals surface area (Å²) in [5.41, 5.74) is 1.02. The summed E-state index contributed by atoms with van der Waals surface area (Å²) < 4.78 is 0. The van der Waals surface area contributed by atoms with E-state index in [9.17, 15) is 14.7 Å². The van der Waals surface area contributed by atoms with Crippen molar-refractivity contribution >= 4 is 11.8 Å². The Morgan fingerprint density at radius 2 is 2.06 bits per heavy atom. The highest BCUT2D eigenvalue weighted by Gasteiger charge is 2.11. The number of phenols is 1. The van der Waals surface area contributed by atoms with E-state index in [1.54, 1.807) is 6.07 Å². The molecule has 0 radical (unpaired) electrons. The molecular weight excluding hydrogens is 208 g/mol. The summed E-state index contributed by atoms with van der Waals surface area (Å²) in [6.45, 7) is 1.70. The van der Waals surface area contributed by atoms with Crippen LogP contribution in [0.1, 0.15) is 15.9 Å². The quantitative estimate of drug-likeness (QED) is 0.682. The van der Waals surface area contributed by atoms with E-state index < -0.39 is 5.91 Å². The van der Waals surface area contributed by atoms with Gasteiger partial charge in [-0.25, -0.2) is 0 Å². The summed E-state index contributed by atoms with van der Waals surface area (Å²) in [7, 11) is 1.48. The fourth-order valence-electron chi connectivity index (χ4n) is 1.18. The molecule has 0 heterocycles. The van der Waals surface area contributed by atoms with E-state index in [-0.39, 0.29) is 23.8 Å². The summed E-state index contributed by atoms with van der Waals surface area (Å²) in [5, 5.41) is 14.3. The molecule has 0 saturated carbocycles. The van der Waals surface area contributed by atoms with Crippen LogP contribution in [0.5, 0.6) is 5.75 Å². The Balaban J connectivity index is 2.70. The van der Waals surface area contributed by atoms with Gasteiger partial charge < -0.3 is 15.7 Å². The van der Waals surface area contributed by atoms with Crippen molar-refractivity contribution in [3.63, 3.8) is 0 Å². The van der Waals surface area contributed by atoms with E-state index in [1.807, 2.05) is 6.92 Å². The van der Waals surface area contributed by atoms with Gasteiger partial charge in [0.25, 0.3) is 5.91 Å². The lowest BCUT2D eigenvalue weighted by molar-refractivity contribution is -0.119. The summed E-state index contributed by atoms with van der Waals surface area (Å²) in [5.74, 6) is -0.851. The third kappa shape index (κ3) is 2.98. The Hall–Kier alpha value is -2.04. The first-order valence-electron chi connectivity index (χ1n) is 4.83. The number of carbonyl (C=O) groups is 2. The molecular formula is C11H14N2O3. The van der Waals surface area contributed by atoms with Crippen molar-refractivity contribution in [2.24, 2.45) is 0 Å². The van der Waals surface area contributed by atoms with Gasteiger partial charge in [0.05, 0.1) is 12.1 Å². The smallest absolute Gasteiger partial charge is 0.255 e. The second-order valence-electron chi connectivity index (χ2n) is 3.38. The molecule has 0 atom stereocenters. The normalized spacial score (nSPS) is 9.62. The Morgan fingerprint density at radius 1 is 1.38 bits per heavy atom. The minimum Gasteiger partial charge on any atom is -0.507 e. The fraction of sp³-hybridized carbons (Fsp3) is 0.273. The standard InChI is InChI=1S/C11H14N2O3/c1-7-3-4-8(9(14)5-7)11(16)13-6-10(15)12-2/h3-5,14H,6H2,1-2H3,(H,12,15)(H,13,16). The van der Waals surface area contributed by atoms with E-state index in [0.717, 1.165) is 5.56 Å². The molecule has 0 saturated heterocycles. The zero-order valence-corrected chi connectivity index (χ0v) is 9.20. The second kappa shape index (κ2) is 5.16. The molecule has 1 rings (SSSR count). The molecule has 5 heteroatoms. The number of aryl methyl sites for hydroxylation is 1.